The van der Waals surface area contributed by atoms with E-state index in [9.17, 15) is 9.90 Å². The largest absolute Gasteiger partial charge is 0.385 e. The van der Waals surface area contributed by atoms with Crippen molar-refractivity contribution in [2.24, 2.45) is 28.6 Å². The number of carbonyl (C=O) groups is 1. The first-order valence-corrected chi connectivity index (χ1v) is 8.94. The van der Waals surface area contributed by atoms with Gasteiger partial charge in [0.15, 0.2) is 5.78 Å². The van der Waals surface area contributed by atoms with Crippen molar-refractivity contribution in [2.45, 2.75) is 64.9 Å². The maximum Gasteiger partial charge on any atom is 0.155 e. The second-order valence-electron chi connectivity index (χ2n) is 8.85. The number of rotatable bonds is 0. The summed E-state index contributed by atoms with van der Waals surface area (Å²) >= 11 is 0. The molecule has 2 nitrogen and oxygen atoms in total. The maximum atomic E-state index is 11.8. The molecule has 2 heteroatoms. The van der Waals surface area contributed by atoms with E-state index in [0.29, 0.717) is 23.5 Å². The molecular formula is C20H28O2. The van der Waals surface area contributed by atoms with Gasteiger partial charge in [-0.15, -0.1) is 0 Å². The zero-order chi connectivity index (χ0) is 15.8. The zero-order valence-corrected chi connectivity index (χ0v) is 14.1. The Balaban J connectivity index is 1.71. The highest BCUT2D eigenvalue weighted by Gasteiger charge is 2.60. The van der Waals surface area contributed by atoms with Crippen molar-refractivity contribution in [3.8, 4) is 0 Å². The molecule has 0 amide bonds. The van der Waals surface area contributed by atoms with Crippen molar-refractivity contribution in [2.75, 3.05) is 0 Å². The SMILES string of the molecule is C[C@]12CCC(=O)C=C1CC[C@@H]1[C@@H]2CC[C@@]2(C)[C@H]1C=C[C@]2(C)O. The first kappa shape index (κ1) is 14.7. The summed E-state index contributed by atoms with van der Waals surface area (Å²) in [5, 5.41) is 10.8. The standard InChI is InChI=1S/C20H28O2/c1-18-9-6-14(21)12-13(18)4-5-15-16(18)7-10-19(2)17(15)8-11-20(19,3)22/h8,11-12,15-17,22H,4-7,9-10H2,1-3H3/t15-,16+,17+,18+,19+,20+/m1/s1. The number of allylic oxidation sites excluding steroid dienone is 3. The fraction of sp³-hybridized carbons (Fsp3) is 0.750. The van der Waals surface area contributed by atoms with E-state index in [1.165, 1.54) is 18.4 Å². The molecule has 4 rings (SSSR count). The highest BCUT2D eigenvalue weighted by molar-refractivity contribution is 5.91. The monoisotopic (exact) mass is 300 g/mol. The first-order valence-electron chi connectivity index (χ1n) is 8.94. The lowest BCUT2D eigenvalue weighted by Gasteiger charge is -2.58. The molecule has 6 atom stereocenters. The molecule has 0 aliphatic heterocycles. The normalized spacial score (nSPS) is 53.5. The van der Waals surface area contributed by atoms with E-state index in [4.69, 9.17) is 0 Å². The molecule has 0 heterocycles. The third kappa shape index (κ3) is 1.68. The minimum absolute atomic E-state index is 0.00374. The van der Waals surface area contributed by atoms with Crippen LogP contribution in [0.2, 0.25) is 0 Å². The van der Waals surface area contributed by atoms with Crippen LogP contribution in [-0.4, -0.2) is 16.5 Å². The van der Waals surface area contributed by atoms with E-state index >= 15 is 0 Å². The highest BCUT2D eigenvalue weighted by atomic mass is 16.3. The van der Waals surface area contributed by atoms with Crippen LogP contribution in [0.1, 0.15) is 59.3 Å². The number of hydrogen-bond acceptors (Lipinski definition) is 2. The molecule has 0 radical (unpaired) electrons. The zero-order valence-electron chi connectivity index (χ0n) is 14.1. The Morgan fingerprint density at radius 3 is 2.68 bits per heavy atom. The van der Waals surface area contributed by atoms with Gasteiger partial charge in [-0.25, -0.2) is 0 Å². The van der Waals surface area contributed by atoms with Gasteiger partial charge < -0.3 is 5.11 Å². The van der Waals surface area contributed by atoms with Crippen LogP contribution < -0.4 is 0 Å². The number of ketones is 1. The molecule has 0 spiro atoms. The van der Waals surface area contributed by atoms with Crippen LogP contribution in [0.5, 0.6) is 0 Å². The Morgan fingerprint density at radius 2 is 1.91 bits per heavy atom. The molecule has 0 saturated heterocycles. The van der Waals surface area contributed by atoms with Crippen LogP contribution >= 0.6 is 0 Å². The van der Waals surface area contributed by atoms with Crippen LogP contribution in [0.15, 0.2) is 23.8 Å². The van der Waals surface area contributed by atoms with Crippen molar-refractivity contribution in [1.82, 2.24) is 0 Å². The minimum Gasteiger partial charge on any atom is -0.385 e. The smallest absolute Gasteiger partial charge is 0.155 e. The molecule has 0 aromatic carbocycles. The summed E-state index contributed by atoms with van der Waals surface area (Å²) in [6, 6.07) is 0. The minimum atomic E-state index is -0.664. The molecule has 2 fully saturated rings. The lowest BCUT2D eigenvalue weighted by Crippen LogP contribution is -2.54. The van der Waals surface area contributed by atoms with E-state index in [1.54, 1.807) is 0 Å². The van der Waals surface area contributed by atoms with Gasteiger partial charge in [0.25, 0.3) is 0 Å². The second-order valence-corrected chi connectivity index (χ2v) is 8.85. The second kappa shape index (κ2) is 4.35. The van der Waals surface area contributed by atoms with E-state index in [2.05, 4.69) is 26.0 Å². The summed E-state index contributed by atoms with van der Waals surface area (Å²) in [7, 11) is 0. The van der Waals surface area contributed by atoms with Gasteiger partial charge in [-0.05, 0) is 68.3 Å². The fourth-order valence-electron chi connectivity index (χ4n) is 6.24. The summed E-state index contributed by atoms with van der Waals surface area (Å²) in [6.07, 6.45) is 12.6. The fourth-order valence-corrected chi connectivity index (χ4v) is 6.24. The Labute approximate surface area is 133 Å². The van der Waals surface area contributed by atoms with Gasteiger partial charge >= 0.3 is 0 Å². The average molecular weight is 300 g/mol. The third-order valence-corrected chi connectivity index (χ3v) is 8.00. The molecule has 22 heavy (non-hydrogen) atoms. The van der Waals surface area contributed by atoms with E-state index in [0.717, 1.165) is 25.7 Å². The van der Waals surface area contributed by atoms with Gasteiger partial charge in [0.1, 0.15) is 0 Å². The molecule has 120 valence electrons. The molecule has 0 bridgehead atoms. The van der Waals surface area contributed by atoms with Gasteiger partial charge in [0.2, 0.25) is 0 Å². The Hall–Kier alpha value is -0.890. The molecule has 0 aromatic heterocycles. The summed E-state index contributed by atoms with van der Waals surface area (Å²) < 4.78 is 0. The van der Waals surface area contributed by atoms with Crippen LogP contribution in [0.4, 0.5) is 0 Å². The lowest BCUT2D eigenvalue weighted by atomic mass is 9.46. The van der Waals surface area contributed by atoms with Crippen molar-refractivity contribution in [3.63, 3.8) is 0 Å². The molecule has 1 N–H and O–H groups in total. The number of fused-ring (bicyclic) bond motifs is 5. The molecule has 2 saturated carbocycles. The van der Waals surface area contributed by atoms with Gasteiger partial charge in [-0.2, -0.15) is 0 Å². The van der Waals surface area contributed by atoms with Gasteiger partial charge in [-0.3, -0.25) is 4.79 Å². The van der Waals surface area contributed by atoms with Crippen LogP contribution in [0.25, 0.3) is 0 Å². The Morgan fingerprint density at radius 1 is 1.14 bits per heavy atom. The molecular weight excluding hydrogens is 272 g/mol. The lowest BCUT2D eigenvalue weighted by molar-refractivity contribution is -0.120. The Kier molecular flexibility index (Phi) is 2.90. The van der Waals surface area contributed by atoms with Crippen molar-refractivity contribution < 1.29 is 9.90 Å². The highest BCUT2D eigenvalue weighted by Crippen LogP contribution is 2.65. The molecule has 0 aromatic rings. The summed E-state index contributed by atoms with van der Waals surface area (Å²) in [5.74, 6) is 2.17. The predicted octanol–water partition coefficient (Wildman–Crippen LogP) is 4.05. The van der Waals surface area contributed by atoms with E-state index < -0.39 is 5.60 Å². The average Bonchev–Trinajstić information content (AvgIpc) is 2.70. The molecule has 4 aliphatic rings. The first-order chi connectivity index (χ1) is 10.3. The summed E-state index contributed by atoms with van der Waals surface area (Å²) in [4.78, 5) is 11.8. The maximum absolute atomic E-state index is 11.8. The van der Waals surface area contributed by atoms with Crippen molar-refractivity contribution in [3.05, 3.63) is 23.8 Å². The topological polar surface area (TPSA) is 37.3 Å². The van der Waals surface area contributed by atoms with Crippen molar-refractivity contribution in [1.29, 1.82) is 0 Å². The van der Waals surface area contributed by atoms with Crippen molar-refractivity contribution >= 4 is 5.78 Å². The number of hydrogen-bond donors (Lipinski definition) is 1. The quantitative estimate of drug-likeness (QED) is 0.685. The summed E-state index contributed by atoms with van der Waals surface area (Å²) in [6.45, 7) is 6.67. The van der Waals surface area contributed by atoms with Crippen LogP contribution in [0, 0.1) is 28.6 Å². The van der Waals surface area contributed by atoms with Gasteiger partial charge in [0.05, 0.1) is 5.60 Å². The Bertz CT molecular complexity index is 585. The molecule has 0 unspecified atom stereocenters. The van der Waals surface area contributed by atoms with Gasteiger partial charge in [0, 0.05) is 11.8 Å². The van der Waals surface area contributed by atoms with Crippen LogP contribution in [-0.2, 0) is 4.79 Å². The number of carbonyl (C=O) groups excluding carboxylic acids is 1. The third-order valence-electron chi connectivity index (χ3n) is 8.00. The number of aliphatic hydroxyl groups is 1. The van der Waals surface area contributed by atoms with Crippen LogP contribution in [0.3, 0.4) is 0 Å². The molecule has 4 aliphatic carbocycles. The predicted molar refractivity (Wildman–Crippen MR) is 87.2 cm³/mol. The van der Waals surface area contributed by atoms with Gasteiger partial charge in [-0.1, -0.05) is 31.6 Å². The summed E-state index contributed by atoms with van der Waals surface area (Å²) in [5.41, 5.74) is 0.973. The van der Waals surface area contributed by atoms with E-state index in [-0.39, 0.29) is 10.8 Å². The van der Waals surface area contributed by atoms with E-state index in [1.807, 2.05) is 13.0 Å².